The Kier molecular flexibility index (Phi) is 5.01. The van der Waals surface area contributed by atoms with E-state index < -0.39 is 0 Å². The second kappa shape index (κ2) is 6.75. The van der Waals surface area contributed by atoms with Crippen LogP contribution in [0.3, 0.4) is 0 Å². The van der Waals surface area contributed by atoms with Gasteiger partial charge >= 0.3 is 0 Å². The number of rotatable bonds is 4. The number of carbonyl (C=O) groups is 1. The van der Waals surface area contributed by atoms with Gasteiger partial charge in [-0.05, 0) is 50.3 Å². The predicted molar refractivity (Wildman–Crippen MR) is 81.1 cm³/mol. The molecule has 0 unspecified atom stereocenters. The molecule has 1 aromatic carbocycles. The minimum absolute atomic E-state index is 0.0948. The summed E-state index contributed by atoms with van der Waals surface area (Å²) in [7, 11) is 0. The van der Waals surface area contributed by atoms with Gasteiger partial charge in [0.1, 0.15) is 0 Å². The van der Waals surface area contributed by atoms with E-state index in [4.69, 9.17) is 5.11 Å². The molecular formula is C16H24N2O2. The van der Waals surface area contributed by atoms with E-state index in [0.29, 0.717) is 5.92 Å². The quantitative estimate of drug-likeness (QED) is 0.887. The van der Waals surface area contributed by atoms with Crippen LogP contribution in [0, 0.1) is 12.8 Å². The monoisotopic (exact) mass is 276 g/mol. The molecule has 0 saturated carbocycles. The minimum Gasteiger partial charge on any atom is -0.396 e. The average Bonchev–Trinajstić information content (AvgIpc) is 2.47. The normalized spacial score (nSPS) is 16.2. The van der Waals surface area contributed by atoms with Crippen molar-refractivity contribution < 1.29 is 9.90 Å². The van der Waals surface area contributed by atoms with Crippen LogP contribution in [-0.2, 0) is 0 Å². The standard InChI is InChI=1S/C16H24N2O2/c1-3-17-15-10-12(2)4-5-14(15)16(20)18-8-6-13(11-19)7-9-18/h4-5,10,13,17,19H,3,6-9,11H2,1-2H3. The third-order valence-electron chi connectivity index (χ3n) is 3.93. The second-order valence-electron chi connectivity index (χ2n) is 5.50. The SMILES string of the molecule is CCNc1cc(C)ccc1C(=O)N1CCC(CO)CC1. The highest BCUT2D eigenvalue weighted by atomic mass is 16.3. The summed E-state index contributed by atoms with van der Waals surface area (Å²) in [6, 6.07) is 5.92. The number of nitrogens with zero attached hydrogens (tertiary/aromatic N) is 1. The highest BCUT2D eigenvalue weighted by Crippen LogP contribution is 2.23. The lowest BCUT2D eigenvalue weighted by atomic mass is 9.97. The van der Waals surface area contributed by atoms with Crippen LogP contribution in [0.1, 0.15) is 35.7 Å². The number of likely N-dealkylation sites (tertiary alicyclic amines) is 1. The maximum atomic E-state index is 12.6. The molecule has 1 aromatic rings. The molecule has 0 spiro atoms. The molecule has 2 rings (SSSR count). The highest BCUT2D eigenvalue weighted by Gasteiger charge is 2.24. The maximum Gasteiger partial charge on any atom is 0.255 e. The zero-order chi connectivity index (χ0) is 14.5. The molecular weight excluding hydrogens is 252 g/mol. The summed E-state index contributed by atoms with van der Waals surface area (Å²) >= 11 is 0. The number of hydrogen-bond acceptors (Lipinski definition) is 3. The van der Waals surface area contributed by atoms with Gasteiger partial charge in [0.2, 0.25) is 0 Å². The van der Waals surface area contributed by atoms with Gasteiger partial charge < -0.3 is 15.3 Å². The highest BCUT2D eigenvalue weighted by molar-refractivity contribution is 5.99. The number of piperidine rings is 1. The molecule has 2 N–H and O–H groups in total. The minimum atomic E-state index is 0.0948. The predicted octanol–water partition coefficient (Wildman–Crippen LogP) is 2.27. The van der Waals surface area contributed by atoms with E-state index in [1.54, 1.807) is 0 Å². The lowest BCUT2D eigenvalue weighted by molar-refractivity contribution is 0.0652. The van der Waals surface area contributed by atoms with E-state index in [9.17, 15) is 4.79 Å². The summed E-state index contributed by atoms with van der Waals surface area (Å²) in [5, 5.41) is 12.4. The van der Waals surface area contributed by atoms with Crippen LogP contribution >= 0.6 is 0 Å². The lowest BCUT2D eigenvalue weighted by Gasteiger charge is -2.31. The molecule has 1 aliphatic rings. The van der Waals surface area contributed by atoms with Gasteiger partial charge in [-0.15, -0.1) is 0 Å². The van der Waals surface area contributed by atoms with Gasteiger partial charge in [0, 0.05) is 31.9 Å². The fourth-order valence-electron chi connectivity index (χ4n) is 2.67. The molecule has 20 heavy (non-hydrogen) atoms. The Bertz CT molecular complexity index is 466. The van der Waals surface area contributed by atoms with Crippen LogP contribution in [0.25, 0.3) is 0 Å². The van der Waals surface area contributed by atoms with Crippen molar-refractivity contribution in [2.75, 3.05) is 31.6 Å². The lowest BCUT2D eigenvalue weighted by Crippen LogP contribution is -2.39. The van der Waals surface area contributed by atoms with Crippen LogP contribution < -0.4 is 5.32 Å². The van der Waals surface area contributed by atoms with Crippen molar-refractivity contribution in [1.29, 1.82) is 0 Å². The molecule has 4 heteroatoms. The molecule has 110 valence electrons. The third-order valence-corrected chi connectivity index (χ3v) is 3.93. The molecule has 0 aromatic heterocycles. The van der Waals surface area contributed by atoms with Gasteiger partial charge in [-0.25, -0.2) is 0 Å². The van der Waals surface area contributed by atoms with E-state index in [1.165, 1.54) is 0 Å². The summed E-state index contributed by atoms with van der Waals surface area (Å²) in [5.41, 5.74) is 2.82. The van der Waals surface area contributed by atoms with Gasteiger partial charge in [-0.3, -0.25) is 4.79 Å². The van der Waals surface area contributed by atoms with Gasteiger partial charge in [0.15, 0.2) is 0 Å². The fourth-order valence-corrected chi connectivity index (χ4v) is 2.67. The van der Waals surface area contributed by atoms with Gasteiger partial charge in [0.25, 0.3) is 5.91 Å². The molecule has 1 heterocycles. The first-order valence-electron chi connectivity index (χ1n) is 7.40. The van der Waals surface area contributed by atoms with Crippen molar-refractivity contribution in [3.63, 3.8) is 0 Å². The number of anilines is 1. The summed E-state index contributed by atoms with van der Waals surface area (Å²) in [4.78, 5) is 14.5. The van der Waals surface area contributed by atoms with E-state index in [2.05, 4.69) is 5.32 Å². The molecule has 4 nitrogen and oxygen atoms in total. The summed E-state index contributed by atoms with van der Waals surface area (Å²) < 4.78 is 0. The zero-order valence-corrected chi connectivity index (χ0v) is 12.4. The molecule has 0 atom stereocenters. The largest absolute Gasteiger partial charge is 0.396 e. The number of aryl methyl sites for hydroxylation is 1. The number of aliphatic hydroxyl groups is 1. The van der Waals surface area contributed by atoms with Gasteiger partial charge in [-0.2, -0.15) is 0 Å². The topological polar surface area (TPSA) is 52.6 Å². The Morgan fingerprint density at radius 1 is 1.40 bits per heavy atom. The first kappa shape index (κ1) is 14.9. The van der Waals surface area contributed by atoms with Gasteiger partial charge in [0.05, 0.1) is 5.56 Å². The number of nitrogens with one attached hydrogen (secondary N) is 1. The van der Waals surface area contributed by atoms with Crippen LogP contribution in [-0.4, -0.2) is 42.2 Å². The van der Waals surface area contributed by atoms with E-state index >= 15 is 0 Å². The Hall–Kier alpha value is -1.55. The van der Waals surface area contributed by atoms with Crippen molar-refractivity contribution in [3.8, 4) is 0 Å². The Balaban J connectivity index is 2.13. The van der Waals surface area contributed by atoms with Crippen molar-refractivity contribution in [2.45, 2.75) is 26.7 Å². The number of aliphatic hydroxyl groups excluding tert-OH is 1. The summed E-state index contributed by atoms with van der Waals surface area (Å²) in [5.74, 6) is 0.447. The first-order chi connectivity index (χ1) is 9.65. The van der Waals surface area contributed by atoms with Crippen LogP contribution in [0.4, 0.5) is 5.69 Å². The maximum absolute atomic E-state index is 12.6. The summed E-state index contributed by atoms with van der Waals surface area (Å²) in [6.07, 6.45) is 1.79. The number of benzene rings is 1. The van der Waals surface area contributed by atoms with E-state index in [0.717, 1.165) is 49.3 Å². The van der Waals surface area contributed by atoms with Crippen molar-refractivity contribution >= 4 is 11.6 Å². The average molecular weight is 276 g/mol. The number of amides is 1. The zero-order valence-electron chi connectivity index (χ0n) is 12.4. The first-order valence-corrected chi connectivity index (χ1v) is 7.40. The Morgan fingerprint density at radius 2 is 2.10 bits per heavy atom. The fraction of sp³-hybridized carbons (Fsp3) is 0.562. The Morgan fingerprint density at radius 3 is 2.70 bits per heavy atom. The van der Waals surface area contributed by atoms with Crippen molar-refractivity contribution in [2.24, 2.45) is 5.92 Å². The van der Waals surface area contributed by atoms with Crippen LogP contribution in [0.15, 0.2) is 18.2 Å². The molecule has 0 radical (unpaired) electrons. The molecule has 1 saturated heterocycles. The smallest absolute Gasteiger partial charge is 0.255 e. The molecule has 0 aliphatic carbocycles. The van der Waals surface area contributed by atoms with Crippen molar-refractivity contribution in [3.05, 3.63) is 29.3 Å². The summed E-state index contributed by atoms with van der Waals surface area (Å²) in [6.45, 7) is 6.57. The van der Waals surface area contributed by atoms with Crippen LogP contribution in [0.5, 0.6) is 0 Å². The van der Waals surface area contributed by atoms with Gasteiger partial charge in [-0.1, -0.05) is 6.07 Å². The van der Waals surface area contributed by atoms with E-state index in [1.807, 2.05) is 36.9 Å². The second-order valence-corrected chi connectivity index (χ2v) is 5.50. The third kappa shape index (κ3) is 3.31. The van der Waals surface area contributed by atoms with Crippen LogP contribution in [0.2, 0.25) is 0 Å². The number of hydrogen-bond donors (Lipinski definition) is 2. The molecule has 1 fully saturated rings. The molecule has 1 amide bonds. The Labute approximate surface area is 120 Å². The molecule has 1 aliphatic heterocycles. The molecule has 0 bridgehead atoms. The van der Waals surface area contributed by atoms with E-state index in [-0.39, 0.29) is 12.5 Å². The van der Waals surface area contributed by atoms with Crippen molar-refractivity contribution in [1.82, 2.24) is 4.90 Å². The number of carbonyl (C=O) groups excluding carboxylic acids is 1.